The fourth-order valence-electron chi connectivity index (χ4n) is 1.34. The molecule has 0 amide bonds. The third kappa shape index (κ3) is 2.98. The topological polar surface area (TPSA) is 74.2 Å². The van der Waals surface area contributed by atoms with E-state index in [9.17, 15) is 13.2 Å². The van der Waals surface area contributed by atoms with Gasteiger partial charge in [-0.2, -0.15) is 4.98 Å². The maximum Gasteiger partial charge on any atom is 0.573 e. The molecule has 2 aromatic rings. The molecule has 0 fully saturated rings. The van der Waals surface area contributed by atoms with Gasteiger partial charge >= 0.3 is 6.36 Å². The van der Waals surface area contributed by atoms with Gasteiger partial charge in [0, 0.05) is 0 Å². The van der Waals surface area contributed by atoms with Crippen molar-refractivity contribution in [2.24, 2.45) is 5.73 Å². The molecule has 1 aromatic heterocycles. The largest absolute Gasteiger partial charge is 0.573 e. The first-order valence-corrected chi connectivity index (χ1v) is 4.83. The molecular formula is C10H8F3N3O2. The Morgan fingerprint density at radius 2 is 1.89 bits per heavy atom. The van der Waals surface area contributed by atoms with Crippen molar-refractivity contribution in [2.75, 3.05) is 0 Å². The summed E-state index contributed by atoms with van der Waals surface area (Å²) in [5, 5.41) is 3.55. The summed E-state index contributed by atoms with van der Waals surface area (Å²) in [5.74, 6) is -0.0638. The van der Waals surface area contributed by atoms with Crippen molar-refractivity contribution >= 4 is 0 Å². The van der Waals surface area contributed by atoms with Crippen LogP contribution in [0.15, 0.2) is 35.2 Å². The molecule has 5 nitrogen and oxygen atoms in total. The SMILES string of the molecule is NC(c1ccc(OC(F)(F)F)cc1)c1ncon1. The van der Waals surface area contributed by atoms with Gasteiger partial charge in [0.15, 0.2) is 5.82 Å². The predicted molar refractivity (Wildman–Crippen MR) is 53.5 cm³/mol. The number of halogens is 3. The number of aromatic nitrogens is 2. The van der Waals surface area contributed by atoms with Gasteiger partial charge in [0.1, 0.15) is 5.75 Å². The zero-order chi connectivity index (χ0) is 13.2. The molecule has 0 aliphatic heterocycles. The summed E-state index contributed by atoms with van der Waals surface area (Å²) in [7, 11) is 0. The lowest BCUT2D eigenvalue weighted by Gasteiger charge is -2.11. The van der Waals surface area contributed by atoms with Crippen molar-refractivity contribution in [3.8, 4) is 5.75 Å². The summed E-state index contributed by atoms with van der Waals surface area (Å²) >= 11 is 0. The van der Waals surface area contributed by atoms with Gasteiger partial charge in [-0.25, -0.2) is 0 Å². The van der Waals surface area contributed by atoms with Crippen LogP contribution in [-0.2, 0) is 0 Å². The maximum absolute atomic E-state index is 11.9. The minimum absolute atomic E-state index is 0.250. The average molecular weight is 259 g/mol. The molecule has 0 bridgehead atoms. The molecule has 0 saturated carbocycles. The summed E-state index contributed by atoms with van der Waals surface area (Å²) in [4.78, 5) is 3.76. The van der Waals surface area contributed by atoms with E-state index in [2.05, 4.69) is 19.4 Å². The summed E-state index contributed by atoms with van der Waals surface area (Å²) in [6.07, 6.45) is -3.59. The second kappa shape index (κ2) is 4.65. The van der Waals surface area contributed by atoms with Gasteiger partial charge in [-0.1, -0.05) is 17.3 Å². The number of nitrogens with zero attached hydrogens (tertiary/aromatic N) is 2. The molecule has 1 aromatic carbocycles. The minimum Gasteiger partial charge on any atom is -0.406 e. The summed E-state index contributed by atoms with van der Waals surface area (Å²) in [6.45, 7) is 0. The van der Waals surface area contributed by atoms with E-state index in [4.69, 9.17) is 5.73 Å². The van der Waals surface area contributed by atoms with Gasteiger partial charge in [-0.3, -0.25) is 0 Å². The van der Waals surface area contributed by atoms with Crippen LogP contribution in [0, 0.1) is 0 Å². The number of ether oxygens (including phenoxy) is 1. The van der Waals surface area contributed by atoms with Crippen LogP contribution in [0.25, 0.3) is 0 Å². The first-order chi connectivity index (χ1) is 8.46. The van der Waals surface area contributed by atoms with Crippen LogP contribution in [0.2, 0.25) is 0 Å². The van der Waals surface area contributed by atoms with Crippen molar-refractivity contribution in [3.63, 3.8) is 0 Å². The molecule has 0 saturated heterocycles. The van der Waals surface area contributed by atoms with E-state index in [1.807, 2.05) is 0 Å². The number of rotatable bonds is 3. The summed E-state index contributed by atoms with van der Waals surface area (Å²) in [5.41, 5.74) is 6.34. The lowest BCUT2D eigenvalue weighted by atomic mass is 10.1. The monoisotopic (exact) mass is 259 g/mol. The zero-order valence-corrected chi connectivity index (χ0v) is 8.89. The summed E-state index contributed by atoms with van der Waals surface area (Å²) in [6, 6.07) is 4.49. The third-order valence-corrected chi connectivity index (χ3v) is 2.13. The number of alkyl halides is 3. The third-order valence-electron chi connectivity index (χ3n) is 2.13. The zero-order valence-electron chi connectivity index (χ0n) is 8.89. The molecule has 8 heteroatoms. The molecule has 1 atom stereocenters. The van der Waals surface area contributed by atoms with Crippen LogP contribution in [-0.4, -0.2) is 16.5 Å². The molecule has 1 unspecified atom stereocenters. The quantitative estimate of drug-likeness (QED) is 0.912. The fourth-order valence-corrected chi connectivity index (χ4v) is 1.34. The fraction of sp³-hybridized carbons (Fsp3) is 0.200. The molecule has 0 spiro atoms. The molecule has 1 heterocycles. The smallest absolute Gasteiger partial charge is 0.406 e. The van der Waals surface area contributed by atoms with Crippen LogP contribution >= 0.6 is 0 Å². The van der Waals surface area contributed by atoms with Gasteiger partial charge in [-0.15, -0.1) is 13.2 Å². The van der Waals surface area contributed by atoms with Crippen molar-refractivity contribution in [1.82, 2.24) is 10.1 Å². The lowest BCUT2D eigenvalue weighted by molar-refractivity contribution is -0.274. The Bertz CT molecular complexity index is 496. The van der Waals surface area contributed by atoms with Crippen LogP contribution in [0.3, 0.4) is 0 Å². The Morgan fingerprint density at radius 3 is 2.39 bits per heavy atom. The molecule has 96 valence electrons. The second-order valence-corrected chi connectivity index (χ2v) is 3.38. The highest BCUT2D eigenvalue weighted by Crippen LogP contribution is 2.24. The second-order valence-electron chi connectivity index (χ2n) is 3.38. The Kier molecular flexibility index (Phi) is 3.19. The molecular weight excluding hydrogens is 251 g/mol. The van der Waals surface area contributed by atoms with E-state index >= 15 is 0 Å². The molecule has 2 N–H and O–H groups in total. The van der Waals surface area contributed by atoms with E-state index < -0.39 is 12.4 Å². The predicted octanol–water partition coefficient (Wildman–Crippen LogP) is 2.02. The molecule has 0 aliphatic rings. The normalized spacial score (nSPS) is 13.3. The highest BCUT2D eigenvalue weighted by atomic mass is 19.4. The number of nitrogens with two attached hydrogens (primary N) is 1. The Morgan fingerprint density at radius 1 is 1.22 bits per heavy atom. The maximum atomic E-state index is 11.9. The van der Waals surface area contributed by atoms with Crippen molar-refractivity contribution < 1.29 is 22.4 Å². The molecule has 2 rings (SSSR count). The van der Waals surface area contributed by atoms with E-state index in [0.29, 0.717) is 5.56 Å². The molecule has 0 aliphatic carbocycles. The van der Waals surface area contributed by atoms with Crippen molar-refractivity contribution in [2.45, 2.75) is 12.4 Å². The minimum atomic E-state index is -4.71. The highest BCUT2D eigenvalue weighted by molar-refractivity contribution is 5.31. The van der Waals surface area contributed by atoms with Crippen molar-refractivity contribution in [1.29, 1.82) is 0 Å². The Balaban J connectivity index is 2.13. The van der Waals surface area contributed by atoms with Gasteiger partial charge in [0.25, 0.3) is 0 Å². The molecule has 18 heavy (non-hydrogen) atoms. The van der Waals surface area contributed by atoms with Gasteiger partial charge in [0.2, 0.25) is 6.39 Å². The van der Waals surface area contributed by atoms with Gasteiger partial charge in [0.05, 0.1) is 6.04 Å². The van der Waals surface area contributed by atoms with E-state index in [-0.39, 0.29) is 11.6 Å². The van der Waals surface area contributed by atoms with Crippen LogP contribution < -0.4 is 10.5 Å². The van der Waals surface area contributed by atoms with Crippen molar-refractivity contribution in [3.05, 3.63) is 42.0 Å². The van der Waals surface area contributed by atoms with Crippen LogP contribution in [0.4, 0.5) is 13.2 Å². The highest BCUT2D eigenvalue weighted by Gasteiger charge is 2.31. The number of benzene rings is 1. The number of hydrogen-bond acceptors (Lipinski definition) is 5. The summed E-state index contributed by atoms with van der Waals surface area (Å²) < 4.78 is 44.1. The van der Waals surface area contributed by atoms with Crippen LogP contribution in [0.1, 0.15) is 17.4 Å². The van der Waals surface area contributed by atoms with Gasteiger partial charge < -0.3 is 15.0 Å². The Labute approximate surface area is 99.4 Å². The first kappa shape index (κ1) is 12.4. The van der Waals surface area contributed by atoms with E-state index in [1.54, 1.807) is 0 Å². The first-order valence-electron chi connectivity index (χ1n) is 4.83. The standard InChI is InChI=1S/C10H8F3N3O2/c11-10(12,13)18-7-3-1-6(2-4-7)8(14)9-15-5-17-16-9/h1-5,8H,14H2. The van der Waals surface area contributed by atoms with E-state index in [0.717, 1.165) is 6.39 Å². The average Bonchev–Trinajstić information content (AvgIpc) is 2.80. The Hall–Kier alpha value is -2.09. The van der Waals surface area contributed by atoms with Crippen LogP contribution in [0.5, 0.6) is 5.75 Å². The lowest BCUT2D eigenvalue weighted by Crippen LogP contribution is -2.17. The van der Waals surface area contributed by atoms with Gasteiger partial charge in [-0.05, 0) is 17.7 Å². The van der Waals surface area contributed by atoms with E-state index in [1.165, 1.54) is 24.3 Å². The number of hydrogen-bond donors (Lipinski definition) is 1. The molecule has 0 radical (unpaired) electrons.